The van der Waals surface area contributed by atoms with Gasteiger partial charge in [0.25, 0.3) is 0 Å². The van der Waals surface area contributed by atoms with Crippen LogP contribution in [0.15, 0.2) is 83.0 Å². The normalized spacial score (nSPS) is 15.1. The molecule has 0 saturated carbocycles. The molecule has 0 spiro atoms. The van der Waals surface area contributed by atoms with Gasteiger partial charge in [-0.1, -0.05) is 6.07 Å². The molecule has 0 aliphatic carbocycles. The van der Waals surface area contributed by atoms with Crippen molar-refractivity contribution in [1.82, 2.24) is 29.5 Å². The van der Waals surface area contributed by atoms with Gasteiger partial charge >= 0.3 is 0 Å². The molecule has 4 N–H and O–H groups in total. The molecule has 1 aliphatic rings. The first kappa shape index (κ1) is 27.4. The van der Waals surface area contributed by atoms with Crippen molar-refractivity contribution in [2.45, 2.75) is 23.4 Å². The second-order valence-electron chi connectivity index (χ2n) is 10.0. The Hall–Kier alpha value is -4.75. The molecule has 11 nitrogen and oxygen atoms in total. The van der Waals surface area contributed by atoms with Gasteiger partial charge in [-0.25, -0.2) is 9.37 Å². The van der Waals surface area contributed by atoms with Gasteiger partial charge < -0.3 is 16.0 Å². The number of H-pyrrole nitrogens is 1. The first-order valence-electron chi connectivity index (χ1n) is 13.4. The fraction of sp³-hybridized carbons (Fsp3) is 0.207. The minimum atomic E-state index is -0.404. The molecular formula is C29H28FN9O2S. The third-order valence-electron chi connectivity index (χ3n) is 6.76. The van der Waals surface area contributed by atoms with E-state index in [0.717, 1.165) is 16.2 Å². The molecule has 5 aromatic rings. The van der Waals surface area contributed by atoms with E-state index >= 15 is 0 Å². The van der Waals surface area contributed by atoms with E-state index < -0.39 is 5.82 Å². The van der Waals surface area contributed by atoms with E-state index in [9.17, 15) is 14.0 Å². The van der Waals surface area contributed by atoms with Crippen LogP contribution < -0.4 is 16.0 Å². The van der Waals surface area contributed by atoms with Gasteiger partial charge in [-0.15, -0.1) is 0 Å². The number of benzene rings is 2. The van der Waals surface area contributed by atoms with E-state index in [0.29, 0.717) is 47.8 Å². The number of aromatic nitrogens is 5. The van der Waals surface area contributed by atoms with Gasteiger partial charge in [0.05, 0.1) is 12.5 Å². The Kier molecular flexibility index (Phi) is 7.84. The van der Waals surface area contributed by atoms with E-state index in [1.54, 1.807) is 12.1 Å². The third-order valence-corrected chi connectivity index (χ3v) is 7.64. The van der Waals surface area contributed by atoms with E-state index in [4.69, 9.17) is 0 Å². The van der Waals surface area contributed by atoms with Gasteiger partial charge in [-0.3, -0.25) is 24.0 Å². The summed E-state index contributed by atoms with van der Waals surface area (Å²) in [6, 6.07) is 19.0. The lowest BCUT2D eigenvalue weighted by molar-refractivity contribution is -0.120. The lowest BCUT2D eigenvalue weighted by atomic mass is 10.1. The van der Waals surface area contributed by atoms with Gasteiger partial charge in [0.15, 0.2) is 11.0 Å². The van der Waals surface area contributed by atoms with Crippen LogP contribution in [0.3, 0.4) is 0 Å². The summed E-state index contributed by atoms with van der Waals surface area (Å²) in [5.41, 5.74) is 2.78. The highest BCUT2D eigenvalue weighted by Crippen LogP contribution is 2.28. The molecule has 2 aromatic carbocycles. The van der Waals surface area contributed by atoms with Crippen LogP contribution in [0.4, 0.5) is 27.5 Å². The van der Waals surface area contributed by atoms with Crippen molar-refractivity contribution in [3.05, 3.63) is 84.4 Å². The number of aryl methyl sites for hydroxylation is 1. The van der Waals surface area contributed by atoms with Crippen molar-refractivity contribution >= 4 is 52.4 Å². The summed E-state index contributed by atoms with van der Waals surface area (Å²) in [5.74, 6) is 0.263. The molecule has 4 heterocycles. The second-order valence-corrected chi connectivity index (χ2v) is 11.1. The average molecular weight is 586 g/mol. The van der Waals surface area contributed by atoms with Crippen LogP contribution in [0.5, 0.6) is 0 Å². The Bertz CT molecular complexity index is 1740. The summed E-state index contributed by atoms with van der Waals surface area (Å²) in [4.78, 5) is 37.5. The Balaban J connectivity index is 1.02. The number of amides is 2. The predicted molar refractivity (Wildman–Crippen MR) is 158 cm³/mol. The number of rotatable bonds is 9. The Morgan fingerprint density at radius 1 is 1.05 bits per heavy atom. The second kappa shape index (κ2) is 12.0. The average Bonchev–Trinajstić information content (AvgIpc) is 3.71. The van der Waals surface area contributed by atoms with Crippen LogP contribution in [-0.2, 0) is 9.59 Å². The molecule has 3 aromatic heterocycles. The number of aromatic amines is 1. The number of hydrogen-bond acceptors (Lipinski definition) is 8. The fourth-order valence-corrected chi connectivity index (χ4v) is 5.51. The highest BCUT2D eigenvalue weighted by atomic mass is 32.2. The summed E-state index contributed by atoms with van der Waals surface area (Å²) < 4.78 is 15.3. The topological polar surface area (TPSA) is 132 Å². The first-order valence-corrected chi connectivity index (χ1v) is 14.2. The molecular weight excluding hydrogens is 557 g/mol. The molecule has 2 amide bonds. The maximum Gasteiger partial charge on any atom is 0.238 e. The zero-order valence-electron chi connectivity index (χ0n) is 22.7. The number of likely N-dealkylation sites (tertiary alicyclic amines) is 1. The number of anilines is 4. The van der Waals surface area contributed by atoms with E-state index in [1.807, 2.05) is 64.9 Å². The number of nitrogens with zero attached hydrogens (tertiary/aromatic N) is 5. The molecule has 1 aliphatic heterocycles. The minimum Gasteiger partial charge on any atom is -0.326 e. The summed E-state index contributed by atoms with van der Waals surface area (Å²) in [6.07, 6.45) is 2.52. The standard InChI is InChI=1S/C29H28FN9O2S/c1-18-14-24(37-36-18)33-28-35-29(34-25-6-3-12-39(25)28)42-23-9-7-21(8-10-23)31-26(40)17-38-13-11-19(16-38)27(41)32-22-5-2-4-20(30)15-22/h2-10,12,14-15,19H,11,13,16-17H2,1H3,(H,31,40)(H,32,41)(H2,33,34,35,36,37)/t19-/m1/s1. The zero-order chi connectivity index (χ0) is 29.1. The van der Waals surface area contributed by atoms with Crippen molar-refractivity contribution in [2.24, 2.45) is 5.92 Å². The number of fused-ring (bicyclic) bond motifs is 1. The number of hydrogen-bond donors (Lipinski definition) is 4. The van der Waals surface area contributed by atoms with E-state index in [1.165, 1.54) is 23.9 Å². The quantitative estimate of drug-likeness (QED) is 0.196. The van der Waals surface area contributed by atoms with Crippen molar-refractivity contribution in [3.8, 4) is 0 Å². The van der Waals surface area contributed by atoms with E-state index in [-0.39, 0.29) is 24.3 Å². The van der Waals surface area contributed by atoms with Gasteiger partial charge in [-0.05, 0) is 86.2 Å². The molecule has 1 atom stereocenters. The minimum absolute atomic E-state index is 0.159. The molecule has 13 heteroatoms. The highest BCUT2D eigenvalue weighted by Gasteiger charge is 2.29. The van der Waals surface area contributed by atoms with Crippen molar-refractivity contribution < 1.29 is 14.0 Å². The van der Waals surface area contributed by atoms with Crippen LogP contribution in [0.25, 0.3) is 5.65 Å². The molecule has 1 fully saturated rings. The summed E-state index contributed by atoms with van der Waals surface area (Å²) in [6.45, 7) is 3.20. The molecule has 214 valence electrons. The highest BCUT2D eigenvalue weighted by molar-refractivity contribution is 7.99. The molecule has 0 bridgehead atoms. The number of carbonyl (C=O) groups is 2. The molecule has 0 radical (unpaired) electrons. The largest absolute Gasteiger partial charge is 0.326 e. The van der Waals surface area contributed by atoms with E-state index in [2.05, 4.69) is 36.1 Å². The van der Waals surface area contributed by atoms with Crippen LogP contribution in [0, 0.1) is 18.7 Å². The molecule has 0 unspecified atom stereocenters. The maximum atomic E-state index is 13.4. The van der Waals surface area contributed by atoms with Gasteiger partial charge in [0.2, 0.25) is 17.8 Å². The zero-order valence-corrected chi connectivity index (χ0v) is 23.5. The third kappa shape index (κ3) is 6.58. The Labute approximate surface area is 244 Å². The van der Waals surface area contributed by atoms with Crippen molar-refractivity contribution in [1.29, 1.82) is 0 Å². The van der Waals surface area contributed by atoms with Gasteiger partial charge in [-0.2, -0.15) is 10.1 Å². The SMILES string of the molecule is Cc1cc(Nc2nc(Sc3ccc(NC(=O)CN4CC[C@@H](C(=O)Nc5cccc(F)c5)C4)cc3)nc3cccn23)n[nH]1. The molecule has 6 rings (SSSR count). The molecule has 1 saturated heterocycles. The molecule has 42 heavy (non-hydrogen) atoms. The fourth-order valence-electron chi connectivity index (χ4n) is 4.76. The number of carbonyl (C=O) groups excluding carboxylic acids is 2. The van der Waals surface area contributed by atoms with Crippen LogP contribution in [0.1, 0.15) is 12.1 Å². The predicted octanol–water partition coefficient (Wildman–Crippen LogP) is 4.69. The maximum absolute atomic E-state index is 13.4. The van der Waals surface area contributed by atoms with Crippen LogP contribution >= 0.6 is 11.8 Å². The van der Waals surface area contributed by atoms with Crippen molar-refractivity contribution in [2.75, 3.05) is 35.6 Å². The van der Waals surface area contributed by atoms with Gasteiger partial charge in [0.1, 0.15) is 11.5 Å². The Morgan fingerprint density at radius 2 is 1.90 bits per heavy atom. The smallest absolute Gasteiger partial charge is 0.238 e. The van der Waals surface area contributed by atoms with Crippen molar-refractivity contribution in [3.63, 3.8) is 0 Å². The number of halogens is 1. The summed E-state index contributed by atoms with van der Waals surface area (Å²) in [7, 11) is 0. The van der Waals surface area contributed by atoms with Crippen LogP contribution in [0.2, 0.25) is 0 Å². The summed E-state index contributed by atoms with van der Waals surface area (Å²) >= 11 is 1.41. The Morgan fingerprint density at radius 3 is 2.69 bits per heavy atom. The monoisotopic (exact) mass is 585 g/mol. The lowest BCUT2D eigenvalue weighted by Crippen LogP contribution is -2.33. The first-order chi connectivity index (χ1) is 20.4. The summed E-state index contributed by atoms with van der Waals surface area (Å²) in [5, 5.41) is 16.6. The van der Waals surface area contributed by atoms with Crippen LogP contribution in [-0.4, -0.2) is 60.9 Å². The number of nitrogens with one attached hydrogen (secondary N) is 4. The lowest BCUT2D eigenvalue weighted by Gasteiger charge is -2.16. The van der Waals surface area contributed by atoms with Gasteiger partial charge in [0, 0.05) is 40.8 Å².